The van der Waals surface area contributed by atoms with Crippen LogP contribution in [0.5, 0.6) is 0 Å². The topological polar surface area (TPSA) is 32.3 Å². The van der Waals surface area contributed by atoms with Crippen LogP contribution in [0.2, 0.25) is 0 Å². The van der Waals surface area contributed by atoms with Crippen LogP contribution in [0.15, 0.2) is 28.7 Å². The number of nitrogens with one attached hydrogen (secondary N) is 1. The second-order valence-corrected chi connectivity index (χ2v) is 8.28. The molecule has 1 saturated carbocycles. The summed E-state index contributed by atoms with van der Waals surface area (Å²) in [5.41, 5.74) is 0.884. The van der Waals surface area contributed by atoms with Crippen molar-refractivity contribution in [2.45, 2.75) is 51.0 Å². The van der Waals surface area contributed by atoms with Gasteiger partial charge in [-0.05, 0) is 69.3 Å². The van der Waals surface area contributed by atoms with Crippen LogP contribution in [0.3, 0.4) is 0 Å². The number of benzene rings is 1. The summed E-state index contributed by atoms with van der Waals surface area (Å²) >= 11 is 3.46. The number of rotatable bonds is 5. The highest BCUT2D eigenvalue weighted by atomic mass is 79.9. The Labute approximate surface area is 148 Å². The Morgan fingerprint density at radius 3 is 2.48 bits per heavy atom. The predicted molar refractivity (Wildman–Crippen MR) is 97.5 cm³/mol. The molecule has 2 aliphatic rings. The Morgan fingerprint density at radius 1 is 1.30 bits per heavy atom. The van der Waals surface area contributed by atoms with Crippen molar-refractivity contribution in [2.75, 3.05) is 19.6 Å². The molecule has 1 aromatic rings. The van der Waals surface area contributed by atoms with Crippen molar-refractivity contribution in [1.29, 1.82) is 0 Å². The quantitative estimate of drug-likeness (QED) is 0.846. The van der Waals surface area contributed by atoms with Gasteiger partial charge in [-0.3, -0.25) is 9.69 Å². The fourth-order valence-electron chi connectivity index (χ4n) is 3.55. The summed E-state index contributed by atoms with van der Waals surface area (Å²) in [6.45, 7) is 7.64. The number of nitrogens with zero attached hydrogens (tertiary/aromatic N) is 1. The first-order chi connectivity index (χ1) is 11.0. The van der Waals surface area contributed by atoms with Gasteiger partial charge < -0.3 is 5.32 Å². The number of likely N-dealkylation sites (tertiary alicyclic amines) is 1. The molecule has 1 aromatic carbocycles. The van der Waals surface area contributed by atoms with Gasteiger partial charge in [0.15, 0.2) is 0 Å². The summed E-state index contributed by atoms with van der Waals surface area (Å²) in [5.74, 6) is 1.05. The van der Waals surface area contributed by atoms with Gasteiger partial charge in [0.1, 0.15) is 0 Å². The lowest BCUT2D eigenvalue weighted by Crippen LogP contribution is -2.47. The fraction of sp³-hybridized carbons (Fsp3) is 0.632. The average Bonchev–Trinajstić information content (AvgIpc) is 3.35. The molecular weight excluding hydrogens is 352 g/mol. The van der Waals surface area contributed by atoms with Crippen LogP contribution in [0.4, 0.5) is 0 Å². The van der Waals surface area contributed by atoms with E-state index < -0.39 is 0 Å². The number of hydrogen-bond acceptors (Lipinski definition) is 2. The summed E-state index contributed by atoms with van der Waals surface area (Å²) < 4.78 is 1.06. The van der Waals surface area contributed by atoms with Crippen molar-refractivity contribution in [3.05, 3.63) is 34.3 Å². The van der Waals surface area contributed by atoms with Crippen LogP contribution in [0.1, 0.15) is 45.1 Å². The van der Waals surface area contributed by atoms with Gasteiger partial charge in [-0.2, -0.15) is 0 Å². The van der Waals surface area contributed by atoms with Gasteiger partial charge in [-0.1, -0.05) is 35.0 Å². The molecule has 2 fully saturated rings. The average molecular weight is 379 g/mol. The maximum atomic E-state index is 12.7. The molecule has 1 atom stereocenters. The molecule has 1 aliphatic heterocycles. The smallest absolute Gasteiger partial charge is 0.230 e. The summed E-state index contributed by atoms with van der Waals surface area (Å²) in [5, 5.41) is 3.21. The third-order valence-corrected chi connectivity index (χ3v) is 6.11. The van der Waals surface area contributed by atoms with Gasteiger partial charge >= 0.3 is 0 Å². The van der Waals surface area contributed by atoms with E-state index >= 15 is 0 Å². The third-order valence-electron chi connectivity index (χ3n) is 5.58. The number of piperidine rings is 1. The van der Waals surface area contributed by atoms with Crippen molar-refractivity contribution in [3.8, 4) is 0 Å². The standard InChI is InChI=1S/C19H27BrN2O/c1-14-7-11-22(12-8-14)15(2)13-21-18(23)19(9-10-19)16-3-5-17(20)6-4-16/h3-6,14-15H,7-13H2,1-2H3,(H,21,23). The maximum absolute atomic E-state index is 12.7. The Kier molecular flexibility index (Phi) is 5.12. The van der Waals surface area contributed by atoms with E-state index in [0.29, 0.717) is 6.04 Å². The summed E-state index contributed by atoms with van der Waals surface area (Å²) in [4.78, 5) is 15.2. The van der Waals surface area contributed by atoms with E-state index in [-0.39, 0.29) is 11.3 Å². The Bertz CT molecular complexity index is 545. The molecule has 1 saturated heterocycles. The molecule has 23 heavy (non-hydrogen) atoms. The Morgan fingerprint density at radius 2 is 1.91 bits per heavy atom. The maximum Gasteiger partial charge on any atom is 0.230 e. The zero-order valence-corrected chi connectivity index (χ0v) is 15.7. The molecule has 0 bridgehead atoms. The van der Waals surface area contributed by atoms with Crippen LogP contribution in [0.25, 0.3) is 0 Å². The molecule has 0 radical (unpaired) electrons. The highest BCUT2D eigenvalue weighted by Gasteiger charge is 2.51. The molecule has 3 rings (SSSR count). The minimum atomic E-state index is -0.267. The van der Waals surface area contributed by atoms with E-state index in [2.05, 4.69) is 52.1 Å². The number of halogens is 1. The van der Waals surface area contributed by atoms with Gasteiger partial charge in [0, 0.05) is 17.1 Å². The first kappa shape index (κ1) is 17.0. The minimum Gasteiger partial charge on any atom is -0.354 e. The molecule has 4 heteroatoms. The van der Waals surface area contributed by atoms with Gasteiger partial charge in [-0.25, -0.2) is 0 Å². The second kappa shape index (κ2) is 6.94. The molecular formula is C19H27BrN2O. The van der Waals surface area contributed by atoms with E-state index in [1.165, 1.54) is 12.8 Å². The van der Waals surface area contributed by atoms with Gasteiger partial charge in [-0.15, -0.1) is 0 Å². The largest absolute Gasteiger partial charge is 0.354 e. The normalized spacial score (nSPS) is 22.6. The highest BCUT2D eigenvalue weighted by molar-refractivity contribution is 9.10. The molecule has 126 valence electrons. The summed E-state index contributed by atoms with van der Waals surface area (Å²) in [6.07, 6.45) is 4.49. The summed E-state index contributed by atoms with van der Waals surface area (Å²) in [7, 11) is 0. The van der Waals surface area contributed by atoms with Crippen LogP contribution in [-0.2, 0) is 10.2 Å². The van der Waals surface area contributed by atoms with Crippen molar-refractivity contribution in [3.63, 3.8) is 0 Å². The Balaban J connectivity index is 1.54. The first-order valence-electron chi connectivity index (χ1n) is 8.80. The molecule has 1 heterocycles. The number of hydrogen-bond donors (Lipinski definition) is 1. The lowest BCUT2D eigenvalue weighted by atomic mass is 9.95. The Hall–Kier alpha value is -0.870. The van der Waals surface area contributed by atoms with Crippen LogP contribution >= 0.6 is 15.9 Å². The molecule has 0 spiro atoms. The molecule has 1 aliphatic carbocycles. The molecule has 1 amide bonds. The van der Waals surface area contributed by atoms with Crippen LogP contribution in [-0.4, -0.2) is 36.5 Å². The second-order valence-electron chi connectivity index (χ2n) is 7.37. The minimum absolute atomic E-state index is 0.206. The van der Waals surface area contributed by atoms with E-state index in [9.17, 15) is 4.79 Å². The third kappa shape index (κ3) is 3.80. The zero-order chi connectivity index (χ0) is 16.4. The highest BCUT2D eigenvalue weighted by Crippen LogP contribution is 2.48. The molecule has 3 nitrogen and oxygen atoms in total. The molecule has 0 aromatic heterocycles. The van der Waals surface area contributed by atoms with Crippen molar-refractivity contribution in [1.82, 2.24) is 10.2 Å². The number of amides is 1. The number of carbonyl (C=O) groups is 1. The zero-order valence-electron chi connectivity index (χ0n) is 14.1. The van der Waals surface area contributed by atoms with E-state index in [1.807, 2.05) is 12.1 Å². The lowest BCUT2D eigenvalue weighted by Gasteiger charge is -2.35. The van der Waals surface area contributed by atoms with Gasteiger partial charge in [0.25, 0.3) is 0 Å². The molecule has 1 N–H and O–H groups in total. The monoisotopic (exact) mass is 378 g/mol. The molecule has 1 unspecified atom stereocenters. The van der Waals surface area contributed by atoms with Crippen LogP contribution in [0, 0.1) is 5.92 Å². The van der Waals surface area contributed by atoms with Crippen LogP contribution < -0.4 is 5.32 Å². The first-order valence-corrected chi connectivity index (χ1v) is 9.59. The van der Waals surface area contributed by atoms with Crippen molar-refractivity contribution < 1.29 is 4.79 Å². The SMILES string of the molecule is CC1CCN(C(C)CNC(=O)C2(c3ccc(Br)cc3)CC2)CC1. The van der Waals surface area contributed by atoms with Gasteiger partial charge in [0.05, 0.1) is 5.41 Å². The van der Waals surface area contributed by atoms with E-state index in [4.69, 9.17) is 0 Å². The van der Waals surface area contributed by atoms with Crippen molar-refractivity contribution >= 4 is 21.8 Å². The predicted octanol–water partition coefficient (Wildman–Crippen LogP) is 3.72. The number of carbonyl (C=O) groups excluding carboxylic acids is 1. The van der Waals surface area contributed by atoms with Gasteiger partial charge in [0.2, 0.25) is 5.91 Å². The van der Waals surface area contributed by atoms with E-state index in [0.717, 1.165) is 48.4 Å². The van der Waals surface area contributed by atoms with E-state index in [1.54, 1.807) is 0 Å². The fourth-order valence-corrected chi connectivity index (χ4v) is 3.81. The van der Waals surface area contributed by atoms with Crippen molar-refractivity contribution in [2.24, 2.45) is 5.92 Å². The lowest BCUT2D eigenvalue weighted by molar-refractivity contribution is -0.123. The summed E-state index contributed by atoms with van der Waals surface area (Å²) in [6, 6.07) is 8.63.